The first-order valence-electron chi connectivity index (χ1n) is 11.0. The van der Waals surface area contributed by atoms with Crippen LogP contribution in [0.5, 0.6) is 0 Å². The van der Waals surface area contributed by atoms with Gasteiger partial charge in [0.25, 0.3) is 5.78 Å². The predicted molar refractivity (Wildman–Crippen MR) is 139 cm³/mol. The fourth-order valence-corrected chi connectivity index (χ4v) is 5.25. The van der Waals surface area contributed by atoms with Crippen LogP contribution in [0.1, 0.15) is 43.6 Å². The van der Waals surface area contributed by atoms with Crippen molar-refractivity contribution < 1.29 is 14.7 Å². The van der Waals surface area contributed by atoms with Crippen LogP contribution in [0.15, 0.2) is 72.4 Å². The smallest absolute Gasteiger partial charge is 0.301 e. The number of aromatic nitrogens is 2. The number of aliphatic hydroxyl groups is 1. The van der Waals surface area contributed by atoms with Gasteiger partial charge in [0.1, 0.15) is 11.8 Å². The molecule has 1 aliphatic heterocycles. The summed E-state index contributed by atoms with van der Waals surface area (Å²) in [4.78, 5) is 37.0. The van der Waals surface area contributed by atoms with E-state index in [0.29, 0.717) is 21.4 Å². The third-order valence-electron chi connectivity index (χ3n) is 5.98. The molecule has 8 heteroatoms. The summed E-state index contributed by atoms with van der Waals surface area (Å²) in [5.74, 6) is -1.83. The average molecular weight is 504 g/mol. The lowest BCUT2D eigenvalue weighted by atomic mass is 9.87. The molecule has 176 valence electrons. The normalized spacial score (nSPS) is 17.9. The molecule has 1 fully saturated rings. The number of hydrogen-bond donors (Lipinski definition) is 1. The number of carbonyl (C=O) groups excluding carboxylic acids is 2. The maximum atomic E-state index is 13.3. The van der Waals surface area contributed by atoms with Gasteiger partial charge < -0.3 is 5.11 Å². The van der Waals surface area contributed by atoms with E-state index in [0.717, 1.165) is 15.8 Å². The van der Waals surface area contributed by atoms with Gasteiger partial charge in [-0.25, -0.2) is 4.98 Å². The lowest BCUT2D eigenvalue weighted by Gasteiger charge is -2.21. The number of pyridine rings is 1. The van der Waals surface area contributed by atoms with E-state index in [9.17, 15) is 14.7 Å². The largest absolute Gasteiger partial charge is 0.507 e. The van der Waals surface area contributed by atoms with Gasteiger partial charge in [0, 0.05) is 16.8 Å². The molecule has 35 heavy (non-hydrogen) atoms. The monoisotopic (exact) mass is 503 g/mol. The summed E-state index contributed by atoms with van der Waals surface area (Å²) in [6, 6.07) is 16.8. The zero-order chi connectivity index (χ0) is 24.9. The average Bonchev–Trinajstić information content (AvgIpc) is 3.37. The Hall–Kier alpha value is -3.55. The molecule has 2 aromatic heterocycles. The summed E-state index contributed by atoms with van der Waals surface area (Å²) in [5.41, 5.74) is 2.63. The van der Waals surface area contributed by atoms with E-state index in [1.54, 1.807) is 48.7 Å². The number of fused-ring (bicyclic) bond motifs is 1. The predicted octanol–water partition coefficient (Wildman–Crippen LogP) is 6.27. The fraction of sp³-hybridized carbons (Fsp3) is 0.185. The molecule has 0 spiro atoms. The van der Waals surface area contributed by atoms with Crippen molar-refractivity contribution in [3.05, 3.63) is 94.3 Å². The van der Waals surface area contributed by atoms with Crippen LogP contribution in [0.2, 0.25) is 5.02 Å². The lowest BCUT2D eigenvalue weighted by Crippen LogP contribution is -2.29. The number of aliphatic hydroxyl groups excluding tert-OH is 1. The second kappa shape index (κ2) is 8.59. The van der Waals surface area contributed by atoms with Crippen LogP contribution in [-0.2, 0) is 15.0 Å². The Morgan fingerprint density at radius 2 is 1.80 bits per heavy atom. The highest BCUT2D eigenvalue weighted by molar-refractivity contribution is 7.22. The summed E-state index contributed by atoms with van der Waals surface area (Å²) >= 11 is 7.32. The number of nitrogens with zero attached hydrogens (tertiary/aromatic N) is 3. The third kappa shape index (κ3) is 4.11. The molecule has 1 saturated heterocycles. The van der Waals surface area contributed by atoms with Crippen molar-refractivity contribution in [3.8, 4) is 0 Å². The van der Waals surface area contributed by atoms with E-state index in [4.69, 9.17) is 11.6 Å². The van der Waals surface area contributed by atoms with Crippen molar-refractivity contribution in [2.75, 3.05) is 4.90 Å². The number of amides is 1. The molecule has 4 aromatic rings. The van der Waals surface area contributed by atoms with Crippen molar-refractivity contribution >= 4 is 55.7 Å². The summed E-state index contributed by atoms with van der Waals surface area (Å²) in [6.07, 6.45) is 1.59. The number of carbonyl (C=O) groups is 2. The number of halogens is 1. The highest BCUT2D eigenvalue weighted by Gasteiger charge is 2.48. The molecule has 1 unspecified atom stereocenters. The van der Waals surface area contributed by atoms with Crippen molar-refractivity contribution in [2.24, 2.45) is 0 Å². The van der Waals surface area contributed by atoms with Gasteiger partial charge in [-0.15, -0.1) is 0 Å². The van der Waals surface area contributed by atoms with Gasteiger partial charge in [-0.2, -0.15) is 0 Å². The number of thiazole rings is 1. The summed E-state index contributed by atoms with van der Waals surface area (Å²) in [5, 5.41) is 12.0. The maximum Gasteiger partial charge on any atom is 0.301 e. The number of Topliss-reactive ketones (excluding diaryl/α,β-unsaturated/α-hetero) is 1. The molecule has 3 heterocycles. The van der Waals surface area contributed by atoms with Crippen LogP contribution in [0, 0.1) is 0 Å². The minimum Gasteiger partial charge on any atom is -0.507 e. The summed E-state index contributed by atoms with van der Waals surface area (Å²) < 4.78 is 0.909. The van der Waals surface area contributed by atoms with Crippen LogP contribution >= 0.6 is 22.9 Å². The Labute approximate surface area is 211 Å². The topological polar surface area (TPSA) is 83.4 Å². The maximum absolute atomic E-state index is 13.3. The number of hydrogen-bond acceptors (Lipinski definition) is 6. The van der Waals surface area contributed by atoms with Gasteiger partial charge in [0.15, 0.2) is 5.13 Å². The SMILES string of the molecule is CC(C)(C)c1ccc2nc(N3C(=O)C(=O)/C(=C(/O)c4ccc(Cl)cc4)C3c3ccccn3)sc2c1. The lowest BCUT2D eigenvalue weighted by molar-refractivity contribution is -0.132. The molecule has 1 amide bonds. The molecule has 5 rings (SSSR count). The van der Waals surface area contributed by atoms with E-state index in [1.807, 2.05) is 12.1 Å². The Morgan fingerprint density at radius 3 is 2.46 bits per heavy atom. The standard InChI is InChI=1S/C27H22ClN3O3S/c1-27(2,3)16-9-12-18-20(14-16)35-26(30-18)31-22(19-6-4-5-13-29-19)21(24(33)25(31)34)23(32)15-7-10-17(28)11-8-15/h4-14,22,32H,1-3H3/b23-21+. The second-order valence-electron chi connectivity index (χ2n) is 9.36. The molecule has 0 radical (unpaired) electrons. The van der Waals surface area contributed by atoms with Crippen molar-refractivity contribution in [3.63, 3.8) is 0 Å². The summed E-state index contributed by atoms with van der Waals surface area (Å²) in [6.45, 7) is 6.39. The number of anilines is 1. The molecule has 0 saturated carbocycles. The first-order chi connectivity index (χ1) is 16.6. The van der Waals surface area contributed by atoms with Crippen molar-refractivity contribution in [1.82, 2.24) is 9.97 Å². The highest BCUT2D eigenvalue weighted by Crippen LogP contribution is 2.44. The number of ketones is 1. The van der Waals surface area contributed by atoms with E-state index in [-0.39, 0.29) is 16.7 Å². The van der Waals surface area contributed by atoms with Gasteiger partial charge in [-0.05, 0) is 59.5 Å². The highest BCUT2D eigenvalue weighted by atomic mass is 35.5. The quantitative estimate of drug-likeness (QED) is 0.202. The minimum atomic E-state index is -0.922. The van der Waals surface area contributed by atoms with Crippen molar-refractivity contribution in [2.45, 2.75) is 32.2 Å². The zero-order valence-electron chi connectivity index (χ0n) is 19.3. The second-order valence-corrected chi connectivity index (χ2v) is 10.8. The Bertz CT molecular complexity index is 1490. The van der Waals surface area contributed by atoms with Crippen LogP contribution < -0.4 is 4.90 Å². The zero-order valence-corrected chi connectivity index (χ0v) is 20.9. The molecule has 1 N–H and O–H groups in total. The molecule has 2 aromatic carbocycles. The number of rotatable bonds is 3. The fourth-order valence-electron chi connectivity index (χ4n) is 4.09. The van der Waals surface area contributed by atoms with Gasteiger partial charge in [-0.3, -0.25) is 19.5 Å². The minimum absolute atomic E-state index is 0.0364. The van der Waals surface area contributed by atoms with Crippen LogP contribution in [0.3, 0.4) is 0 Å². The van der Waals surface area contributed by atoms with Gasteiger partial charge >= 0.3 is 5.91 Å². The first-order valence-corrected chi connectivity index (χ1v) is 12.2. The Kier molecular flexibility index (Phi) is 5.69. The van der Waals surface area contributed by atoms with Crippen LogP contribution in [0.25, 0.3) is 16.0 Å². The Balaban J connectivity index is 1.69. The van der Waals surface area contributed by atoms with Crippen LogP contribution in [-0.4, -0.2) is 26.8 Å². The third-order valence-corrected chi connectivity index (χ3v) is 7.25. The molecule has 0 aliphatic carbocycles. The molecular formula is C27H22ClN3O3S. The molecular weight excluding hydrogens is 482 g/mol. The summed E-state index contributed by atoms with van der Waals surface area (Å²) in [7, 11) is 0. The van der Waals surface area contributed by atoms with Crippen LogP contribution in [0.4, 0.5) is 5.13 Å². The number of benzene rings is 2. The molecule has 1 aliphatic rings. The molecule has 6 nitrogen and oxygen atoms in total. The first kappa shape index (κ1) is 23.2. The molecule has 1 atom stereocenters. The van der Waals surface area contributed by atoms with E-state index in [1.165, 1.54) is 16.2 Å². The van der Waals surface area contributed by atoms with Gasteiger partial charge in [0.05, 0.1) is 21.5 Å². The molecule has 0 bridgehead atoms. The van der Waals surface area contributed by atoms with E-state index >= 15 is 0 Å². The van der Waals surface area contributed by atoms with E-state index in [2.05, 4.69) is 36.8 Å². The Morgan fingerprint density at radius 1 is 1.06 bits per heavy atom. The van der Waals surface area contributed by atoms with Gasteiger partial charge in [0.2, 0.25) is 0 Å². The van der Waals surface area contributed by atoms with Crippen molar-refractivity contribution in [1.29, 1.82) is 0 Å². The van der Waals surface area contributed by atoms with Gasteiger partial charge in [-0.1, -0.05) is 55.8 Å². The van der Waals surface area contributed by atoms with E-state index < -0.39 is 17.7 Å².